The van der Waals surface area contributed by atoms with Crippen LogP contribution >= 0.6 is 46.6 Å². The number of halogens is 3. The number of amides is 1. The highest BCUT2D eigenvalue weighted by Crippen LogP contribution is 2.26. The Balaban J connectivity index is 1.85. The van der Waals surface area contributed by atoms with Gasteiger partial charge in [-0.2, -0.15) is 0 Å². The van der Waals surface area contributed by atoms with Crippen LogP contribution in [0.5, 0.6) is 5.75 Å². The van der Waals surface area contributed by atoms with Crippen molar-refractivity contribution < 1.29 is 28.6 Å². The van der Waals surface area contributed by atoms with E-state index < -0.39 is 21.8 Å². The minimum Gasteiger partial charge on any atom is -0.458 e. The lowest BCUT2D eigenvalue weighted by atomic mass is 10.3. The summed E-state index contributed by atoms with van der Waals surface area (Å²) < 4.78 is 13.0. The van der Waals surface area contributed by atoms with E-state index in [0.29, 0.717) is 17.1 Å². The average molecular weight is 467 g/mol. The first-order valence-corrected chi connectivity index (χ1v) is 9.87. The van der Waals surface area contributed by atoms with Gasteiger partial charge >= 0.3 is 18.0 Å². The normalized spacial score (nSPS) is 14.2. The van der Waals surface area contributed by atoms with Gasteiger partial charge in [-0.05, 0) is 17.5 Å². The summed E-state index contributed by atoms with van der Waals surface area (Å²) in [4.78, 5) is 35.2. The van der Waals surface area contributed by atoms with Crippen molar-refractivity contribution in [3.8, 4) is 5.75 Å². The summed E-state index contributed by atoms with van der Waals surface area (Å²) >= 11 is 17.6. The van der Waals surface area contributed by atoms with Crippen molar-refractivity contribution in [3.05, 3.63) is 53.1 Å². The highest BCUT2D eigenvalue weighted by molar-refractivity contribution is 8.02. The number of carbonyl (C=O) groups excluding carboxylic acids is 3. The minimum atomic E-state index is -1.68. The first-order chi connectivity index (χ1) is 13.2. The molecule has 2 rings (SSSR count). The third-order valence-electron chi connectivity index (χ3n) is 3.05. The molecule has 0 radical (unpaired) electrons. The predicted molar refractivity (Wildman–Crippen MR) is 106 cm³/mol. The van der Waals surface area contributed by atoms with Crippen LogP contribution in [0.25, 0.3) is 0 Å². The molecule has 1 aliphatic rings. The smallest absolute Gasteiger partial charge is 0.417 e. The second kappa shape index (κ2) is 10.6. The number of benzene rings is 1. The van der Waals surface area contributed by atoms with Crippen molar-refractivity contribution in [3.63, 3.8) is 0 Å². The first-order valence-electron chi connectivity index (χ1n) is 7.69. The molecule has 0 bridgehead atoms. The molecule has 0 aromatic heterocycles. The Hall–Kier alpha value is -1.87. The number of carbonyl (C=O) groups is 3. The Kier molecular flexibility index (Phi) is 8.50. The largest absolute Gasteiger partial charge is 0.458 e. The van der Waals surface area contributed by atoms with E-state index in [1.807, 2.05) is 0 Å². The van der Waals surface area contributed by atoms with E-state index in [1.54, 1.807) is 30.3 Å². The monoisotopic (exact) mass is 465 g/mol. The standard InChI is InChI=1S/C17H14Cl3NO6S/c18-17(19,20)10-26-13(22)6-7-28-9-11-8-25-15(23)14(11)21-16(24)27-12-4-2-1-3-5-12/h1-7H,8-10H2,(H,21,24)/b7-6+. The van der Waals surface area contributed by atoms with Gasteiger partial charge in [0.15, 0.2) is 0 Å². The molecule has 1 aromatic rings. The number of esters is 2. The highest BCUT2D eigenvalue weighted by Gasteiger charge is 2.27. The SMILES string of the molecule is O=C(/C=C/SCC1=C(NC(=O)Oc2ccccc2)C(=O)OC1)OCC(Cl)(Cl)Cl. The summed E-state index contributed by atoms with van der Waals surface area (Å²) in [5, 5.41) is 3.84. The van der Waals surface area contributed by atoms with E-state index >= 15 is 0 Å². The summed E-state index contributed by atoms with van der Waals surface area (Å²) in [5.41, 5.74) is 0.555. The lowest BCUT2D eigenvalue weighted by molar-refractivity contribution is -0.138. The van der Waals surface area contributed by atoms with Gasteiger partial charge in [0.05, 0.1) is 0 Å². The van der Waals surface area contributed by atoms with Crippen LogP contribution in [-0.4, -0.2) is 40.8 Å². The van der Waals surface area contributed by atoms with E-state index in [-0.39, 0.29) is 18.9 Å². The molecule has 0 saturated heterocycles. The maximum absolute atomic E-state index is 11.9. The minimum absolute atomic E-state index is 0.0145. The molecule has 11 heteroatoms. The Labute approximate surface area is 179 Å². The maximum atomic E-state index is 11.9. The molecule has 7 nitrogen and oxygen atoms in total. The third kappa shape index (κ3) is 8.02. The van der Waals surface area contributed by atoms with E-state index in [4.69, 9.17) is 49.0 Å². The summed E-state index contributed by atoms with van der Waals surface area (Å²) in [5.74, 6) is -0.719. The average Bonchev–Trinajstić information content (AvgIpc) is 2.97. The number of hydrogen-bond donors (Lipinski definition) is 1. The third-order valence-corrected chi connectivity index (χ3v) is 4.22. The number of ether oxygens (including phenoxy) is 3. The molecule has 1 N–H and O–H groups in total. The predicted octanol–water partition coefficient (Wildman–Crippen LogP) is 3.75. The fraction of sp³-hybridized carbons (Fsp3) is 0.235. The number of alkyl halides is 3. The van der Waals surface area contributed by atoms with Crippen molar-refractivity contribution >= 4 is 64.6 Å². The second-order valence-electron chi connectivity index (χ2n) is 5.22. The van der Waals surface area contributed by atoms with Gasteiger partial charge in [-0.15, -0.1) is 11.8 Å². The van der Waals surface area contributed by atoms with Crippen molar-refractivity contribution in [2.45, 2.75) is 3.79 Å². The zero-order chi connectivity index (χ0) is 20.6. The van der Waals surface area contributed by atoms with Crippen LogP contribution in [0.2, 0.25) is 0 Å². The summed E-state index contributed by atoms with van der Waals surface area (Å²) in [6.07, 6.45) is 0.337. The number of thioether (sulfide) groups is 1. The van der Waals surface area contributed by atoms with Gasteiger partial charge in [-0.3, -0.25) is 5.32 Å². The molecule has 150 valence electrons. The Morgan fingerprint density at radius 1 is 1.25 bits per heavy atom. The van der Waals surface area contributed by atoms with Crippen LogP contribution in [0.1, 0.15) is 0 Å². The van der Waals surface area contributed by atoms with Gasteiger partial charge in [-0.1, -0.05) is 53.0 Å². The van der Waals surface area contributed by atoms with Crippen LogP contribution in [-0.2, 0) is 19.1 Å². The van der Waals surface area contributed by atoms with Gasteiger partial charge in [0, 0.05) is 17.4 Å². The molecular formula is C17H14Cl3NO6S. The molecule has 1 aromatic carbocycles. The molecule has 1 heterocycles. The molecule has 28 heavy (non-hydrogen) atoms. The van der Waals surface area contributed by atoms with Crippen LogP contribution in [0, 0.1) is 0 Å². The first kappa shape index (κ1) is 22.4. The summed E-state index contributed by atoms with van der Waals surface area (Å²) in [7, 11) is 0. The van der Waals surface area contributed by atoms with E-state index in [2.05, 4.69) is 5.32 Å². The highest BCUT2D eigenvalue weighted by atomic mass is 35.6. The molecule has 0 spiro atoms. The van der Waals surface area contributed by atoms with E-state index in [1.165, 1.54) is 17.2 Å². The quantitative estimate of drug-likeness (QED) is 0.372. The van der Waals surface area contributed by atoms with Crippen LogP contribution < -0.4 is 10.1 Å². The number of rotatable bonds is 7. The van der Waals surface area contributed by atoms with Gasteiger partial charge in [0.2, 0.25) is 3.79 Å². The zero-order valence-electron chi connectivity index (χ0n) is 14.2. The van der Waals surface area contributed by atoms with Gasteiger partial charge in [0.1, 0.15) is 24.7 Å². The Morgan fingerprint density at radius 3 is 2.64 bits per heavy atom. The fourth-order valence-electron chi connectivity index (χ4n) is 1.87. The Bertz CT molecular complexity index is 792. The molecule has 0 atom stereocenters. The number of hydrogen-bond acceptors (Lipinski definition) is 7. The molecule has 0 saturated carbocycles. The number of cyclic esters (lactones) is 1. The lowest BCUT2D eigenvalue weighted by Gasteiger charge is -2.09. The maximum Gasteiger partial charge on any atom is 0.417 e. The zero-order valence-corrected chi connectivity index (χ0v) is 17.2. The molecule has 0 unspecified atom stereocenters. The van der Waals surface area contributed by atoms with Crippen LogP contribution in [0.3, 0.4) is 0 Å². The van der Waals surface area contributed by atoms with E-state index in [9.17, 15) is 14.4 Å². The topological polar surface area (TPSA) is 90.9 Å². The second-order valence-corrected chi connectivity index (χ2v) is 8.63. The molecule has 0 fully saturated rings. The van der Waals surface area contributed by atoms with Crippen molar-refractivity contribution in [1.82, 2.24) is 5.32 Å². The molecule has 1 amide bonds. The number of para-hydroxylation sites is 1. The summed E-state index contributed by atoms with van der Waals surface area (Å²) in [6.45, 7) is -0.352. The van der Waals surface area contributed by atoms with Crippen molar-refractivity contribution in [2.75, 3.05) is 19.0 Å². The summed E-state index contributed by atoms with van der Waals surface area (Å²) in [6, 6.07) is 8.39. The molecule has 1 aliphatic heterocycles. The lowest BCUT2D eigenvalue weighted by Crippen LogP contribution is -2.29. The van der Waals surface area contributed by atoms with Gasteiger partial charge < -0.3 is 14.2 Å². The van der Waals surface area contributed by atoms with Crippen molar-refractivity contribution in [2.24, 2.45) is 0 Å². The number of nitrogens with one attached hydrogen (secondary N) is 1. The van der Waals surface area contributed by atoms with Gasteiger partial charge in [0.25, 0.3) is 0 Å². The van der Waals surface area contributed by atoms with E-state index in [0.717, 1.165) is 6.08 Å². The van der Waals surface area contributed by atoms with Crippen molar-refractivity contribution in [1.29, 1.82) is 0 Å². The fourth-order valence-corrected chi connectivity index (χ4v) is 2.77. The van der Waals surface area contributed by atoms with Crippen LogP contribution in [0.4, 0.5) is 4.79 Å². The Morgan fingerprint density at radius 2 is 1.96 bits per heavy atom. The molecule has 0 aliphatic carbocycles. The van der Waals surface area contributed by atoms with Crippen LogP contribution in [0.15, 0.2) is 53.1 Å². The van der Waals surface area contributed by atoms with Gasteiger partial charge in [-0.25, -0.2) is 14.4 Å². The molecular weight excluding hydrogens is 453 g/mol.